The number of aromatic nitrogens is 1. The van der Waals surface area contributed by atoms with Crippen molar-refractivity contribution in [1.29, 1.82) is 0 Å². The van der Waals surface area contributed by atoms with Crippen LogP contribution in [0.25, 0.3) is 11.3 Å². The molecular formula is C19H17N3O4S. The highest BCUT2D eigenvalue weighted by Gasteiger charge is 2.10. The van der Waals surface area contributed by atoms with Gasteiger partial charge in [0, 0.05) is 23.1 Å². The van der Waals surface area contributed by atoms with Crippen molar-refractivity contribution in [2.75, 3.05) is 11.9 Å². The molecule has 3 rings (SSSR count). The van der Waals surface area contributed by atoms with Crippen LogP contribution in [0.5, 0.6) is 5.75 Å². The highest BCUT2D eigenvalue weighted by molar-refractivity contribution is 7.14. The Morgan fingerprint density at radius 3 is 2.52 bits per heavy atom. The number of benzene rings is 2. The lowest BCUT2D eigenvalue weighted by Crippen LogP contribution is -2.20. The Balaban J connectivity index is 1.56. The van der Waals surface area contributed by atoms with E-state index in [9.17, 15) is 14.9 Å². The van der Waals surface area contributed by atoms with E-state index in [4.69, 9.17) is 4.74 Å². The standard InChI is InChI=1S/C19H17N3O4S/c1-2-13-3-9-16(10-4-13)26-11-18(23)21-19-20-17(12-27-19)14-5-7-15(8-6-14)22(24)25/h3-10,12H,2,11H2,1H3,(H,20,21,23). The van der Waals surface area contributed by atoms with Crippen LogP contribution in [0.15, 0.2) is 53.9 Å². The van der Waals surface area contributed by atoms with E-state index in [0.717, 1.165) is 12.0 Å². The largest absolute Gasteiger partial charge is 0.484 e. The fourth-order valence-corrected chi connectivity index (χ4v) is 3.08. The number of hydrogen-bond acceptors (Lipinski definition) is 6. The Hall–Kier alpha value is -3.26. The van der Waals surface area contributed by atoms with Crippen molar-refractivity contribution < 1.29 is 14.5 Å². The zero-order chi connectivity index (χ0) is 19.2. The van der Waals surface area contributed by atoms with Crippen molar-refractivity contribution in [3.05, 3.63) is 69.6 Å². The van der Waals surface area contributed by atoms with Gasteiger partial charge in [-0.25, -0.2) is 4.98 Å². The number of carbonyl (C=O) groups excluding carboxylic acids is 1. The molecule has 0 aliphatic heterocycles. The van der Waals surface area contributed by atoms with E-state index in [1.165, 1.54) is 29.0 Å². The van der Waals surface area contributed by atoms with Gasteiger partial charge in [-0.05, 0) is 36.2 Å². The zero-order valence-corrected chi connectivity index (χ0v) is 15.4. The Morgan fingerprint density at radius 1 is 1.19 bits per heavy atom. The summed E-state index contributed by atoms with van der Waals surface area (Å²) in [5, 5.41) is 15.6. The molecule has 0 fully saturated rings. The first-order chi connectivity index (χ1) is 13.0. The number of hydrogen-bond donors (Lipinski definition) is 1. The Morgan fingerprint density at radius 2 is 1.89 bits per heavy atom. The van der Waals surface area contributed by atoms with E-state index in [1.54, 1.807) is 17.5 Å². The summed E-state index contributed by atoms with van der Waals surface area (Å²) in [4.78, 5) is 26.6. The molecule has 2 aromatic carbocycles. The van der Waals surface area contributed by atoms with Gasteiger partial charge in [0.2, 0.25) is 0 Å². The number of rotatable bonds is 7. The van der Waals surface area contributed by atoms with Crippen molar-refractivity contribution in [2.24, 2.45) is 0 Å². The lowest BCUT2D eigenvalue weighted by molar-refractivity contribution is -0.384. The van der Waals surface area contributed by atoms with Gasteiger partial charge in [-0.15, -0.1) is 11.3 Å². The fraction of sp³-hybridized carbons (Fsp3) is 0.158. The molecule has 0 unspecified atom stereocenters. The first kappa shape index (κ1) is 18.5. The average molecular weight is 383 g/mol. The molecule has 1 heterocycles. The third kappa shape index (κ3) is 4.89. The number of nitrogens with zero attached hydrogens (tertiary/aromatic N) is 2. The molecule has 0 saturated carbocycles. The summed E-state index contributed by atoms with van der Waals surface area (Å²) >= 11 is 1.28. The molecule has 0 atom stereocenters. The van der Waals surface area contributed by atoms with Gasteiger partial charge in [0.25, 0.3) is 11.6 Å². The summed E-state index contributed by atoms with van der Waals surface area (Å²) in [6, 6.07) is 13.7. The zero-order valence-electron chi connectivity index (χ0n) is 14.5. The smallest absolute Gasteiger partial charge is 0.269 e. The molecule has 1 amide bonds. The molecule has 27 heavy (non-hydrogen) atoms. The van der Waals surface area contributed by atoms with Crippen LogP contribution in [0.3, 0.4) is 0 Å². The molecule has 0 aliphatic carbocycles. The molecule has 0 radical (unpaired) electrons. The molecule has 0 saturated heterocycles. The van der Waals surface area contributed by atoms with Crippen molar-refractivity contribution in [1.82, 2.24) is 4.98 Å². The maximum atomic E-state index is 12.0. The van der Waals surface area contributed by atoms with Crippen molar-refractivity contribution in [3.8, 4) is 17.0 Å². The Kier molecular flexibility index (Phi) is 5.77. The van der Waals surface area contributed by atoms with Gasteiger partial charge >= 0.3 is 0 Å². The molecule has 7 nitrogen and oxygen atoms in total. The number of non-ortho nitro benzene ring substituents is 1. The molecule has 1 N–H and O–H groups in total. The SMILES string of the molecule is CCc1ccc(OCC(=O)Nc2nc(-c3ccc([N+](=O)[O-])cc3)cs2)cc1. The van der Waals surface area contributed by atoms with Gasteiger partial charge in [0.1, 0.15) is 5.75 Å². The third-order valence-corrected chi connectivity index (χ3v) is 4.58. The maximum absolute atomic E-state index is 12.0. The van der Waals surface area contributed by atoms with Crippen LogP contribution < -0.4 is 10.1 Å². The van der Waals surface area contributed by atoms with Crippen LogP contribution >= 0.6 is 11.3 Å². The third-order valence-electron chi connectivity index (χ3n) is 3.83. The lowest BCUT2D eigenvalue weighted by atomic mass is 10.1. The lowest BCUT2D eigenvalue weighted by Gasteiger charge is -2.06. The predicted molar refractivity (Wildman–Crippen MR) is 104 cm³/mol. The van der Waals surface area contributed by atoms with Gasteiger partial charge in [0.15, 0.2) is 11.7 Å². The van der Waals surface area contributed by atoms with Crippen LogP contribution in [0.2, 0.25) is 0 Å². The summed E-state index contributed by atoms with van der Waals surface area (Å²) in [6.45, 7) is 1.96. The predicted octanol–water partition coefficient (Wildman–Crippen LogP) is 4.30. The van der Waals surface area contributed by atoms with E-state index in [-0.39, 0.29) is 18.2 Å². The number of carbonyl (C=O) groups is 1. The van der Waals surface area contributed by atoms with Crippen LogP contribution in [0, 0.1) is 10.1 Å². The van der Waals surface area contributed by atoms with E-state index in [2.05, 4.69) is 17.2 Å². The Bertz CT molecular complexity index is 936. The van der Waals surface area contributed by atoms with Crippen LogP contribution in [0.1, 0.15) is 12.5 Å². The van der Waals surface area contributed by atoms with E-state index in [1.807, 2.05) is 24.3 Å². The minimum Gasteiger partial charge on any atom is -0.484 e. The van der Waals surface area contributed by atoms with Crippen molar-refractivity contribution >= 4 is 28.1 Å². The summed E-state index contributed by atoms with van der Waals surface area (Å²) in [7, 11) is 0. The minimum absolute atomic E-state index is 0.0200. The monoisotopic (exact) mass is 383 g/mol. The second-order valence-corrected chi connectivity index (χ2v) is 6.53. The summed E-state index contributed by atoms with van der Waals surface area (Å²) in [6.07, 6.45) is 0.946. The quantitative estimate of drug-likeness (QED) is 0.485. The summed E-state index contributed by atoms with van der Waals surface area (Å²) in [5.74, 6) is 0.326. The molecule has 138 valence electrons. The number of ether oxygens (including phenoxy) is 1. The van der Waals surface area contributed by atoms with Crippen LogP contribution in [0.4, 0.5) is 10.8 Å². The van der Waals surface area contributed by atoms with Gasteiger partial charge < -0.3 is 4.74 Å². The number of thiazole rings is 1. The number of nitro benzene ring substituents is 1. The van der Waals surface area contributed by atoms with Gasteiger partial charge in [0.05, 0.1) is 10.6 Å². The fourth-order valence-electron chi connectivity index (χ4n) is 2.34. The summed E-state index contributed by atoms with van der Waals surface area (Å²) < 4.78 is 5.47. The molecule has 0 spiro atoms. The normalized spacial score (nSPS) is 10.4. The molecule has 3 aromatic rings. The van der Waals surface area contributed by atoms with Gasteiger partial charge in [-0.1, -0.05) is 19.1 Å². The molecule has 8 heteroatoms. The molecular weight excluding hydrogens is 366 g/mol. The van der Waals surface area contributed by atoms with Crippen LogP contribution in [-0.4, -0.2) is 22.4 Å². The number of amides is 1. The first-order valence-corrected chi connectivity index (χ1v) is 9.15. The van der Waals surface area contributed by atoms with E-state index >= 15 is 0 Å². The molecule has 1 aromatic heterocycles. The van der Waals surface area contributed by atoms with Gasteiger partial charge in [-0.3, -0.25) is 20.2 Å². The van der Waals surface area contributed by atoms with Crippen LogP contribution in [-0.2, 0) is 11.2 Å². The highest BCUT2D eigenvalue weighted by atomic mass is 32.1. The van der Waals surface area contributed by atoms with E-state index < -0.39 is 4.92 Å². The van der Waals surface area contributed by atoms with Crippen molar-refractivity contribution in [2.45, 2.75) is 13.3 Å². The maximum Gasteiger partial charge on any atom is 0.269 e. The summed E-state index contributed by atoms with van der Waals surface area (Å²) in [5.41, 5.74) is 2.60. The number of nitro groups is 1. The number of nitrogens with one attached hydrogen (secondary N) is 1. The van der Waals surface area contributed by atoms with E-state index in [0.29, 0.717) is 16.6 Å². The molecule has 0 bridgehead atoms. The molecule has 0 aliphatic rings. The number of aryl methyl sites for hydroxylation is 1. The highest BCUT2D eigenvalue weighted by Crippen LogP contribution is 2.26. The van der Waals surface area contributed by atoms with Gasteiger partial charge in [-0.2, -0.15) is 0 Å². The topological polar surface area (TPSA) is 94.4 Å². The average Bonchev–Trinajstić information content (AvgIpc) is 3.15. The second kappa shape index (κ2) is 8.41. The Labute approximate surface area is 159 Å². The van der Waals surface area contributed by atoms with Crippen molar-refractivity contribution in [3.63, 3.8) is 0 Å². The second-order valence-electron chi connectivity index (χ2n) is 5.68. The first-order valence-electron chi connectivity index (χ1n) is 8.27. The minimum atomic E-state index is -0.452. The number of anilines is 1.